The average molecular weight is 387 g/mol. The Kier molecular flexibility index (Phi) is 5.13. The van der Waals surface area contributed by atoms with E-state index in [2.05, 4.69) is 20.8 Å². The normalized spacial score (nSPS) is 46.2. The lowest BCUT2D eigenvalue weighted by Crippen LogP contribution is -2.55. The quantitative estimate of drug-likeness (QED) is 0.730. The minimum absolute atomic E-state index is 0.109. The zero-order chi connectivity index (χ0) is 20.3. The molecule has 0 spiro atoms. The topological polar surface area (TPSA) is 54.4 Å². The first-order valence-electron chi connectivity index (χ1n) is 11.6. The van der Waals surface area contributed by atoms with Crippen molar-refractivity contribution in [1.29, 1.82) is 0 Å². The summed E-state index contributed by atoms with van der Waals surface area (Å²) in [5.41, 5.74) is 1.63. The molecule has 0 saturated heterocycles. The van der Waals surface area contributed by atoms with Crippen molar-refractivity contribution >= 4 is 11.6 Å². The number of ketones is 2. The van der Waals surface area contributed by atoms with Crippen molar-refractivity contribution in [2.24, 2.45) is 40.4 Å². The summed E-state index contributed by atoms with van der Waals surface area (Å²) in [6.07, 6.45) is 10.5. The molecule has 3 nitrogen and oxygen atoms in total. The fourth-order valence-corrected chi connectivity index (χ4v) is 8.13. The number of hydrogen-bond acceptors (Lipinski definition) is 3. The van der Waals surface area contributed by atoms with E-state index in [1.165, 1.54) is 31.3 Å². The highest BCUT2D eigenvalue weighted by Crippen LogP contribution is 2.67. The first kappa shape index (κ1) is 20.3. The van der Waals surface area contributed by atoms with Crippen molar-refractivity contribution in [3.63, 3.8) is 0 Å². The van der Waals surface area contributed by atoms with Crippen LogP contribution in [0.2, 0.25) is 0 Å². The summed E-state index contributed by atoms with van der Waals surface area (Å²) in [4.78, 5) is 23.5. The number of fused-ring (bicyclic) bond motifs is 5. The SMILES string of the molecule is CC(=O)CCC(C)C1CCC2C3C(O)CC4=CC(=O)CCC4(C)C3CCC12C. The van der Waals surface area contributed by atoms with Crippen LogP contribution >= 0.6 is 0 Å². The van der Waals surface area contributed by atoms with E-state index in [1.807, 2.05) is 6.08 Å². The fraction of sp³-hybridized carbons (Fsp3) is 0.840. The van der Waals surface area contributed by atoms with Gasteiger partial charge >= 0.3 is 0 Å². The molecule has 0 bridgehead atoms. The summed E-state index contributed by atoms with van der Waals surface area (Å²) in [7, 11) is 0. The molecule has 4 aliphatic carbocycles. The molecular weight excluding hydrogens is 348 g/mol. The van der Waals surface area contributed by atoms with Gasteiger partial charge in [0.2, 0.25) is 0 Å². The zero-order valence-corrected chi connectivity index (χ0v) is 18.2. The molecule has 156 valence electrons. The number of aliphatic hydroxyl groups is 1. The Labute approximate surface area is 170 Å². The molecule has 0 aromatic rings. The molecule has 1 N–H and O–H groups in total. The van der Waals surface area contributed by atoms with Crippen molar-refractivity contribution in [3.8, 4) is 0 Å². The van der Waals surface area contributed by atoms with E-state index in [0.717, 1.165) is 12.8 Å². The summed E-state index contributed by atoms with van der Waals surface area (Å²) < 4.78 is 0. The lowest BCUT2D eigenvalue weighted by Gasteiger charge is -2.59. The second kappa shape index (κ2) is 7.07. The van der Waals surface area contributed by atoms with Gasteiger partial charge in [0.1, 0.15) is 5.78 Å². The van der Waals surface area contributed by atoms with Crippen LogP contribution in [-0.2, 0) is 9.59 Å². The maximum atomic E-state index is 12.0. The predicted octanol–water partition coefficient (Wildman–Crippen LogP) is 5.11. The van der Waals surface area contributed by atoms with Crippen molar-refractivity contribution in [2.75, 3.05) is 0 Å². The Morgan fingerprint density at radius 2 is 1.96 bits per heavy atom. The van der Waals surface area contributed by atoms with Crippen LogP contribution in [0, 0.1) is 40.4 Å². The summed E-state index contributed by atoms with van der Waals surface area (Å²) in [6.45, 7) is 8.91. The van der Waals surface area contributed by atoms with Crippen LogP contribution in [0.4, 0.5) is 0 Å². The van der Waals surface area contributed by atoms with Crippen LogP contribution in [-0.4, -0.2) is 22.8 Å². The number of carbonyl (C=O) groups excluding carboxylic acids is 2. The van der Waals surface area contributed by atoms with Gasteiger partial charge in [-0.3, -0.25) is 4.79 Å². The second-order valence-electron chi connectivity index (χ2n) is 11.1. The van der Waals surface area contributed by atoms with E-state index in [4.69, 9.17) is 0 Å². The Hall–Kier alpha value is -0.960. The molecule has 0 aromatic carbocycles. The van der Waals surface area contributed by atoms with E-state index >= 15 is 0 Å². The van der Waals surface area contributed by atoms with Crippen molar-refractivity contribution in [1.82, 2.24) is 0 Å². The predicted molar refractivity (Wildman–Crippen MR) is 111 cm³/mol. The molecule has 3 heteroatoms. The van der Waals surface area contributed by atoms with Gasteiger partial charge in [-0.15, -0.1) is 0 Å². The van der Waals surface area contributed by atoms with Crippen LogP contribution in [0.15, 0.2) is 11.6 Å². The molecule has 8 unspecified atom stereocenters. The van der Waals surface area contributed by atoms with Crippen LogP contribution in [0.3, 0.4) is 0 Å². The van der Waals surface area contributed by atoms with Crippen molar-refractivity contribution < 1.29 is 14.7 Å². The maximum absolute atomic E-state index is 12.0. The number of Topliss-reactive ketones (excluding diaryl/α,β-unsaturated/α-hetero) is 1. The van der Waals surface area contributed by atoms with Gasteiger partial charge in [0.25, 0.3) is 0 Å². The Morgan fingerprint density at radius 3 is 2.68 bits per heavy atom. The lowest BCUT2D eigenvalue weighted by atomic mass is 9.45. The molecule has 0 heterocycles. The molecular formula is C25H38O3. The second-order valence-corrected chi connectivity index (χ2v) is 11.1. The van der Waals surface area contributed by atoms with Crippen molar-refractivity contribution in [2.45, 2.75) is 91.6 Å². The third-order valence-electron chi connectivity index (χ3n) is 9.70. The molecule has 0 amide bonds. The standard InChI is InChI=1S/C25H38O3/c1-15(5-6-16(2)26)19-7-8-20-23-21(10-12-25(19,20)4)24(3)11-9-18(27)13-17(24)14-22(23)28/h13,15,19-23,28H,5-12,14H2,1-4H3. The summed E-state index contributed by atoms with van der Waals surface area (Å²) in [6, 6.07) is 0. The molecule has 28 heavy (non-hydrogen) atoms. The van der Waals surface area contributed by atoms with Crippen LogP contribution < -0.4 is 0 Å². The number of hydrogen-bond donors (Lipinski definition) is 1. The highest BCUT2D eigenvalue weighted by atomic mass is 16.3. The highest BCUT2D eigenvalue weighted by Gasteiger charge is 2.61. The smallest absolute Gasteiger partial charge is 0.155 e. The van der Waals surface area contributed by atoms with Gasteiger partial charge < -0.3 is 9.90 Å². The molecule has 3 saturated carbocycles. The van der Waals surface area contributed by atoms with Gasteiger partial charge in [0.15, 0.2) is 5.78 Å². The van der Waals surface area contributed by atoms with Gasteiger partial charge in [-0.25, -0.2) is 0 Å². The van der Waals surface area contributed by atoms with E-state index in [9.17, 15) is 14.7 Å². The van der Waals surface area contributed by atoms with Crippen LogP contribution in [0.5, 0.6) is 0 Å². The largest absolute Gasteiger partial charge is 0.392 e. The first-order valence-corrected chi connectivity index (χ1v) is 11.6. The molecule has 0 aliphatic heterocycles. The Balaban J connectivity index is 1.59. The third kappa shape index (κ3) is 3.04. The Bertz CT molecular complexity index is 694. The van der Waals surface area contributed by atoms with Gasteiger partial charge in [0.05, 0.1) is 6.10 Å². The van der Waals surface area contributed by atoms with Crippen LogP contribution in [0.25, 0.3) is 0 Å². The van der Waals surface area contributed by atoms with E-state index in [0.29, 0.717) is 60.1 Å². The van der Waals surface area contributed by atoms with E-state index in [1.54, 1.807) is 6.92 Å². The van der Waals surface area contributed by atoms with Gasteiger partial charge in [0, 0.05) is 12.8 Å². The van der Waals surface area contributed by atoms with E-state index < -0.39 is 0 Å². The molecule has 4 aliphatic rings. The highest BCUT2D eigenvalue weighted by molar-refractivity contribution is 5.91. The molecule has 3 fully saturated rings. The number of aliphatic hydroxyl groups excluding tert-OH is 1. The average Bonchev–Trinajstić information content (AvgIpc) is 2.98. The molecule has 0 aromatic heterocycles. The molecule has 8 atom stereocenters. The van der Waals surface area contributed by atoms with Crippen LogP contribution in [0.1, 0.15) is 85.5 Å². The summed E-state index contributed by atoms with van der Waals surface area (Å²) >= 11 is 0. The Morgan fingerprint density at radius 1 is 1.21 bits per heavy atom. The number of rotatable bonds is 4. The maximum Gasteiger partial charge on any atom is 0.155 e. The van der Waals surface area contributed by atoms with Gasteiger partial charge in [-0.1, -0.05) is 26.3 Å². The summed E-state index contributed by atoms with van der Waals surface area (Å²) in [5.74, 6) is 3.27. The minimum Gasteiger partial charge on any atom is -0.392 e. The summed E-state index contributed by atoms with van der Waals surface area (Å²) in [5, 5.41) is 11.2. The minimum atomic E-state index is -0.300. The van der Waals surface area contributed by atoms with Crippen molar-refractivity contribution in [3.05, 3.63) is 11.6 Å². The lowest BCUT2D eigenvalue weighted by molar-refractivity contribution is -0.124. The van der Waals surface area contributed by atoms with Gasteiger partial charge in [-0.05, 0) is 98.4 Å². The molecule has 0 radical (unpaired) electrons. The first-order chi connectivity index (χ1) is 13.2. The van der Waals surface area contributed by atoms with Gasteiger partial charge in [-0.2, -0.15) is 0 Å². The molecule has 4 rings (SSSR count). The van der Waals surface area contributed by atoms with E-state index in [-0.39, 0.29) is 17.3 Å². The zero-order valence-electron chi connectivity index (χ0n) is 18.2. The monoisotopic (exact) mass is 386 g/mol. The number of carbonyl (C=O) groups is 2. The fourth-order valence-electron chi connectivity index (χ4n) is 8.13. The third-order valence-corrected chi connectivity index (χ3v) is 9.70.